The minimum absolute atomic E-state index is 0.133. The van der Waals surface area contributed by atoms with Crippen LogP contribution in [-0.4, -0.2) is 25.5 Å². The van der Waals surface area contributed by atoms with Crippen LogP contribution in [0.15, 0.2) is 53.5 Å². The molecule has 1 heterocycles. The van der Waals surface area contributed by atoms with Gasteiger partial charge < -0.3 is 4.74 Å². The van der Waals surface area contributed by atoms with Gasteiger partial charge in [0.05, 0.1) is 18.5 Å². The predicted octanol–water partition coefficient (Wildman–Crippen LogP) is 4.54. The molecule has 0 saturated heterocycles. The van der Waals surface area contributed by atoms with Crippen molar-refractivity contribution in [2.24, 2.45) is 4.99 Å². The lowest BCUT2D eigenvalue weighted by Crippen LogP contribution is -2.42. The number of carbonyl (C=O) groups excluding carboxylic acids is 1. The Labute approximate surface area is 142 Å². The summed E-state index contributed by atoms with van der Waals surface area (Å²) in [6, 6.07) is 16.3. The topological polar surface area (TPSA) is 41.9 Å². The third kappa shape index (κ3) is 3.32. The van der Waals surface area contributed by atoms with Crippen molar-refractivity contribution < 1.29 is 9.53 Å². The van der Waals surface area contributed by atoms with E-state index in [-0.39, 0.29) is 12.1 Å². The van der Waals surface area contributed by atoms with Gasteiger partial charge in [0.2, 0.25) is 0 Å². The molecule has 0 aliphatic carbocycles. The number of rotatable bonds is 3. The summed E-state index contributed by atoms with van der Waals surface area (Å²) < 4.78 is 4.94. The van der Waals surface area contributed by atoms with Gasteiger partial charge in [-0.25, -0.2) is 4.79 Å². The largest absolute Gasteiger partial charge is 0.452 e. The first-order chi connectivity index (χ1) is 11.7. The number of hydrogen-bond donors (Lipinski definition) is 0. The van der Waals surface area contributed by atoms with Crippen LogP contribution in [0.1, 0.15) is 24.5 Å². The highest BCUT2D eigenvalue weighted by Gasteiger charge is 2.30. The Morgan fingerprint density at radius 3 is 2.79 bits per heavy atom. The van der Waals surface area contributed by atoms with Crippen LogP contribution >= 0.6 is 0 Å². The van der Waals surface area contributed by atoms with Crippen molar-refractivity contribution in [1.82, 2.24) is 0 Å². The van der Waals surface area contributed by atoms with Gasteiger partial charge in [0.1, 0.15) is 0 Å². The Bertz CT molecular complexity index is 741. The molecule has 124 valence electrons. The van der Waals surface area contributed by atoms with Crippen LogP contribution in [0.2, 0.25) is 0 Å². The molecule has 1 aliphatic heterocycles. The molecule has 3 rings (SSSR count). The second-order valence-corrected chi connectivity index (χ2v) is 6.00. The maximum absolute atomic E-state index is 12.1. The van der Waals surface area contributed by atoms with Crippen LogP contribution < -0.4 is 4.90 Å². The highest BCUT2D eigenvalue weighted by Crippen LogP contribution is 2.37. The zero-order valence-corrected chi connectivity index (χ0v) is 14.1. The van der Waals surface area contributed by atoms with Gasteiger partial charge in [0.15, 0.2) is 0 Å². The summed E-state index contributed by atoms with van der Waals surface area (Å²) in [4.78, 5) is 18.5. The number of anilines is 1. The molecule has 2 aromatic rings. The maximum atomic E-state index is 12.1. The van der Waals surface area contributed by atoms with E-state index in [1.807, 2.05) is 49.5 Å². The Balaban J connectivity index is 1.86. The first kappa shape index (κ1) is 16.2. The third-order valence-electron chi connectivity index (χ3n) is 4.41. The molecule has 0 fully saturated rings. The van der Waals surface area contributed by atoms with E-state index >= 15 is 0 Å². The van der Waals surface area contributed by atoms with Gasteiger partial charge in [0.25, 0.3) is 0 Å². The molecule has 0 N–H and O–H groups in total. The fraction of sp³-hybridized carbons (Fsp3) is 0.300. The quantitative estimate of drug-likeness (QED) is 0.779. The first-order valence-electron chi connectivity index (χ1n) is 8.26. The third-order valence-corrected chi connectivity index (χ3v) is 4.41. The van der Waals surface area contributed by atoms with Gasteiger partial charge >= 0.3 is 6.09 Å². The lowest BCUT2D eigenvalue weighted by atomic mass is 9.95. The molecule has 0 bridgehead atoms. The van der Waals surface area contributed by atoms with Gasteiger partial charge in [0, 0.05) is 24.2 Å². The van der Waals surface area contributed by atoms with Crippen LogP contribution in [0.4, 0.5) is 16.2 Å². The molecule has 1 aliphatic rings. The van der Waals surface area contributed by atoms with Crippen molar-refractivity contribution in [1.29, 1.82) is 0 Å². The van der Waals surface area contributed by atoms with Gasteiger partial charge in [-0.05, 0) is 37.5 Å². The number of ether oxygens (including phenoxy) is 1. The number of benzene rings is 2. The number of carbonyl (C=O) groups is 1. The van der Waals surface area contributed by atoms with Crippen molar-refractivity contribution >= 4 is 23.7 Å². The smallest absolute Gasteiger partial charge is 0.414 e. The molecule has 1 atom stereocenters. The normalized spacial score (nSPS) is 16.9. The van der Waals surface area contributed by atoms with E-state index < -0.39 is 0 Å². The second-order valence-electron chi connectivity index (χ2n) is 6.00. The van der Waals surface area contributed by atoms with Crippen molar-refractivity contribution in [3.05, 3.63) is 59.7 Å². The van der Waals surface area contributed by atoms with E-state index in [9.17, 15) is 4.79 Å². The summed E-state index contributed by atoms with van der Waals surface area (Å²) in [7, 11) is 1.42. The van der Waals surface area contributed by atoms with Crippen LogP contribution in [0.3, 0.4) is 0 Å². The molecule has 2 aromatic carbocycles. The Morgan fingerprint density at radius 2 is 2.04 bits per heavy atom. The van der Waals surface area contributed by atoms with E-state index in [1.54, 1.807) is 4.90 Å². The average molecular weight is 322 g/mol. The predicted molar refractivity (Wildman–Crippen MR) is 97.4 cm³/mol. The SMILES string of the molecule is COC(=O)N1c2cccc(/N=C/Cc3ccccc3)c2CCC1C. The number of aliphatic imine (C=N–C) groups is 1. The van der Waals surface area contributed by atoms with E-state index in [2.05, 4.69) is 17.1 Å². The van der Waals surface area contributed by atoms with Crippen LogP contribution in [0.25, 0.3) is 0 Å². The van der Waals surface area contributed by atoms with Gasteiger partial charge in [-0.1, -0.05) is 36.4 Å². The van der Waals surface area contributed by atoms with Gasteiger partial charge in [-0.3, -0.25) is 9.89 Å². The lowest BCUT2D eigenvalue weighted by molar-refractivity contribution is 0.175. The van der Waals surface area contributed by atoms with Crippen molar-refractivity contribution in [2.45, 2.75) is 32.2 Å². The lowest BCUT2D eigenvalue weighted by Gasteiger charge is -2.34. The van der Waals surface area contributed by atoms with Crippen molar-refractivity contribution in [2.75, 3.05) is 12.0 Å². The highest BCUT2D eigenvalue weighted by atomic mass is 16.5. The highest BCUT2D eigenvalue weighted by molar-refractivity contribution is 5.91. The summed E-state index contributed by atoms with van der Waals surface area (Å²) in [5.41, 5.74) is 4.19. The molecule has 1 unspecified atom stereocenters. The van der Waals surface area contributed by atoms with E-state index in [0.29, 0.717) is 0 Å². The number of nitrogens with zero attached hydrogens (tertiary/aromatic N) is 2. The molecular weight excluding hydrogens is 300 g/mol. The van der Waals surface area contributed by atoms with E-state index in [0.717, 1.165) is 36.2 Å². The molecule has 4 heteroatoms. The average Bonchev–Trinajstić information content (AvgIpc) is 2.62. The molecule has 0 spiro atoms. The Kier molecular flexibility index (Phi) is 4.94. The molecule has 0 aromatic heterocycles. The zero-order valence-electron chi connectivity index (χ0n) is 14.1. The molecule has 0 radical (unpaired) electrons. The summed E-state index contributed by atoms with van der Waals surface area (Å²) in [5, 5.41) is 0. The van der Waals surface area contributed by atoms with Crippen LogP contribution in [-0.2, 0) is 17.6 Å². The number of amides is 1. The fourth-order valence-corrected chi connectivity index (χ4v) is 3.13. The molecule has 1 amide bonds. The Morgan fingerprint density at radius 1 is 1.25 bits per heavy atom. The summed E-state index contributed by atoms with van der Waals surface area (Å²) in [5.74, 6) is 0. The molecular formula is C20H22N2O2. The zero-order chi connectivity index (χ0) is 16.9. The molecule has 4 nitrogen and oxygen atoms in total. The number of fused-ring (bicyclic) bond motifs is 1. The molecule has 24 heavy (non-hydrogen) atoms. The number of hydrogen-bond acceptors (Lipinski definition) is 3. The van der Waals surface area contributed by atoms with Gasteiger partial charge in [-0.2, -0.15) is 0 Å². The van der Waals surface area contributed by atoms with Crippen LogP contribution in [0.5, 0.6) is 0 Å². The summed E-state index contributed by atoms with van der Waals surface area (Å²) >= 11 is 0. The monoisotopic (exact) mass is 322 g/mol. The van der Waals surface area contributed by atoms with Crippen molar-refractivity contribution in [3.63, 3.8) is 0 Å². The molecule has 0 saturated carbocycles. The minimum Gasteiger partial charge on any atom is -0.452 e. The maximum Gasteiger partial charge on any atom is 0.414 e. The van der Waals surface area contributed by atoms with Crippen LogP contribution in [0, 0.1) is 0 Å². The first-order valence-corrected chi connectivity index (χ1v) is 8.26. The minimum atomic E-state index is -0.311. The van der Waals surface area contributed by atoms with E-state index in [4.69, 9.17) is 4.74 Å². The van der Waals surface area contributed by atoms with Crippen molar-refractivity contribution in [3.8, 4) is 0 Å². The standard InChI is InChI=1S/C20H22N2O2/c1-15-11-12-17-18(21-14-13-16-7-4-3-5-8-16)9-6-10-19(17)22(15)20(23)24-2/h3-10,14-15H,11-13H2,1-2H3/b21-14+. The summed E-state index contributed by atoms with van der Waals surface area (Å²) in [6.07, 6.45) is 4.25. The number of methoxy groups -OCH3 is 1. The fourth-order valence-electron chi connectivity index (χ4n) is 3.13. The second kappa shape index (κ2) is 7.30. The van der Waals surface area contributed by atoms with E-state index in [1.165, 1.54) is 12.7 Å². The van der Waals surface area contributed by atoms with Gasteiger partial charge in [-0.15, -0.1) is 0 Å². The summed E-state index contributed by atoms with van der Waals surface area (Å²) in [6.45, 7) is 2.05. The Hall–Kier alpha value is -2.62.